The fourth-order valence-electron chi connectivity index (χ4n) is 2.35. The summed E-state index contributed by atoms with van der Waals surface area (Å²) in [6.07, 6.45) is 1.83. The van der Waals surface area contributed by atoms with Gasteiger partial charge in [-0.15, -0.1) is 0 Å². The lowest BCUT2D eigenvalue weighted by molar-refractivity contribution is 0.0689. The van der Waals surface area contributed by atoms with Crippen molar-refractivity contribution in [2.24, 2.45) is 7.05 Å². The molecular formula is C14H13N3O3. The molecule has 3 aromatic rings. The van der Waals surface area contributed by atoms with Gasteiger partial charge in [0, 0.05) is 24.3 Å². The number of ether oxygens (including phenoxy) is 1. The Hall–Kier alpha value is -2.76. The van der Waals surface area contributed by atoms with Gasteiger partial charge in [-0.1, -0.05) is 6.07 Å². The molecular weight excluding hydrogens is 258 g/mol. The molecule has 6 nitrogen and oxygen atoms in total. The Bertz CT molecular complexity index is 801. The molecule has 2 aromatic heterocycles. The van der Waals surface area contributed by atoms with Crippen LogP contribution in [0, 0.1) is 0 Å². The van der Waals surface area contributed by atoms with Crippen molar-refractivity contribution in [2.75, 3.05) is 7.11 Å². The van der Waals surface area contributed by atoms with E-state index in [-0.39, 0.29) is 5.69 Å². The van der Waals surface area contributed by atoms with Gasteiger partial charge in [-0.25, -0.2) is 4.79 Å². The van der Waals surface area contributed by atoms with Gasteiger partial charge in [-0.3, -0.25) is 4.68 Å². The Morgan fingerprint density at radius 1 is 1.45 bits per heavy atom. The highest BCUT2D eigenvalue weighted by atomic mass is 16.5. The molecule has 0 bridgehead atoms. The highest BCUT2D eigenvalue weighted by Gasteiger charge is 2.17. The van der Waals surface area contributed by atoms with Gasteiger partial charge in [0.25, 0.3) is 0 Å². The van der Waals surface area contributed by atoms with Crippen molar-refractivity contribution >= 4 is 16.9 Å². The number of aromatic carboxylic acids is 1. The van der Waals surface area contributed by atoms with Crippen LogP contribution in [0.5, 0.6) is 5.75 Å². The van der Waals surface area contributed by atoms with E-state index < -0.39 is 5.97 Å². The van der Waals surface area contributed by atoms with Crippen molar-refractivity contribution < 1.29 is 14.6 Å². The van der Waals surface area contributed by atoms with Gasteiger partial charge in [0.1, 0.15) is 5.75 Å². The van der Waals surface area contributed by atoms with E-state index in [0.29, 0.717) is 0 Å². The van der Waals surface area contributed by atoms with Crippen LogP contribution in [0.1, 0.15) is 10.5 Å². The molecule has 20 heavy (non-hydrogen) atoms. The van der Waals surface area contributed by atoms with Crippen LogP contribution >= 0.6 is 0 Å². The minimum absolute atomic E-state index is 0.0201. The predicted octanol–water partition coefficient (Wildman–Crippen LogP) is 2.28. The Balaban J connectivity index is 2.27. The van der Waals surface area contributed by atoms with Gasteiger partial charge < -0.3 is 14.8 Å². The summed E-state index contributed by atoms with van der Waals surface area (Å²) in [5.74, 6) is -0.310. The summed E-state index contributed by atoms with van der Waals surface area (Å²) in [6.45, 7) is 0. The number of nitrogens with one attached hydrogen (secondary N) is 1. The number of fused-ring (bicyclic) bond motifs is 1. The molecule has 1 aromatic carbocycles. The summed E-state index contributed by atoms with van der Waals surface area (Å²) < 4.78 is 6.93. The van der Waals surface area contributed by atoms with Crippen LogP contribution in [-0.4, -0.2) is 33.0 Å². The van der Waals surface area contributed by atoms with E-state index in [2.05, 4.69) is 10.1 Å². The van der Waals surface area contributed by atoms with Crippen LogP contribution in [0.3, 0.4) is 0 Å². The average molecular weight is 271 g/mol. The van der Waals surface area contributed by atoms with Gasteiger partial charge >= 0.3 is 5.97 Å². The van der Waals surface area contributed by atoms with Crippen molar-refractivity contribution in [3.63, 3.8) is 0 Å². The molecule has 0 saturated heterocycles. The summed E-state index contributed by atoms with van der Waals surface area (Å²) in [7, 11) is 3.33. The standard InChI is InChI=1S/C14H13N3O3/c1-17-11(6-10(16-17)14(18)19)8-7-15-9-4-3-5-12(20-2)13(8)9/h3-7,15H,1-2H3,(H,18,19). The molecule has 6 heteroatoms. The molecule has 0 aliphatic carbocycles. The first-order chi connectivity index (χ1) is 9.61. The van der Waals surface area contributed by atoms with Gasteiger partial charge in [0.15, 0.2) is 5.69 Å². The smallest absolute Gasteiger partial charge is 0.356 e. The molecule has 102 valence electrons. The number of carboxylic acids is 1. The fourth-order valence-corrected chi connectivity index (χ4v) is 2.35. The average Bonchev–Trinajstić information content (AvgIpc) is 3.01. The maximum absolute atomic E-state index is 11.0. The number of aryl methyl sites for hydroxylation is 1. The van der Waals surface area contributed by atoms with E-state index in [1.165, 1.54) is 0 Å². The lowest BCUT2D eigenvalue weighted by Crippen LogP contribution is -1.99. The van der Waals surface area contributed by atoms with Gasteiger partial charge in [0.2, 0.25) is 0 Å². The number of nitrogens with zero attached hydrogens (tertiary/aromatic N) is 2. The van der Waals surface area contributed by atoms with Gasteiger partial charge in [0.05, 0.1) is 18.2 Å². The molecule has 0 aliphatic rings. The molecule has 2 N–H and O–H groups in total. The first-order valence-electron chi connectivity index (χ1n) is 6.03. The Morgan fingerprint density at radius 3 is 2.90 bits per heavy atom. The third-order valence-corrected chi connectivity index (χ3v) is 3.26. The maximum Gasteiger partial charge on any atom is 0.356 e. The summed E-state index contributed by atoms with van der Waals surface area (Å²) >= 11 is 0. The molecule has 0 radical (unpaired) electrons. The third-order valence-electron chi connectivity index (χ3n) is 3.26. The molecule has 2 heterocycles. The molecule has 0 fully saturated rings. The normalized spacial score (nSPS) is 10.9. The number of rotatable bonds is 3. The number of aromatic nitrogens is 3. The van der Waals surface area contributed by atoms with Crippen molar-refractivity contribution in [2.45, 2.75) is 0 Å². The minimum Gasteiger partial charge on any atom is -0.496 e. The molecule has 0 saturated carbocycles. The quantitative estimate of drug-likeness (QED) is 0.765. The second-order valence-corrected chi connectivity index (χ2v) is 4.43. The molecule has 0 unspecified atom stereocenters. The third kappa shape index (κ3) is 1.73. The van der Waals surface area contributed by atoms with E-state index in [1.54, 1.807) is 24.9 Å². The summed E-state index contributed by atoms with van der Waals surface area (Å²) in [5, 5.41) is 13.9. The van der Waals surface area contributed by atoms with Crippen molar-refractivity contribution in [1.29, 1.82) is 0 Å². The van der Waals surface area contributed by atoms with E-state index in [9.17, 15) is 4.79 Å². The first-order valence-corrected chi connectivity index (χ1v) is 6.03. The highest BCUT2D eigenvalue weighted by molar-refractivity contribution is 6.00. The lowest BCUT2D eigenvalue weighted by Gasteiger charge is -2.04. The summed E-state index contributed by atoms with van der Waals surface area (Å²) in [5.41, 5.74) is 2.53. The zero-order chi connectivity index (χ0) is 14.3. The van der Waals surface area contributed by atoms with Crippen LogP contribution in [0.2, 0.25) is 0 Å². The second-order valence-electron chi connectivity index (χ2n) is 4.43. The maximum atomic E-state index is 11.0. The molecule has 3 rings (SSSR count). The number of methoxy groups -OCH3 is 1. The molecule has 0 aliphatic heterocycles. The number of carbonyl (C=O) groups is 1. The minimum atomic E-state index is -1.04. The van der Waals surface area contributed by atoms with E-state index in [0.717, 1.165) is 27.9 Å². The Kier molecular flexibility index (Phi) is 2.71. The Morgan fingerprint density at radius 2 is 2.25 bits per heavy atom. The van der Waals surface area contributed by atoms with Crippen molar-refractivity contribution in [3.05, 3.63) is 36.2 Å². The molecule has 0 spiro atoms. The predicted molar refractivity (Wildman–Crippen MR) is 74.0 cm³/mol. The number of H-pyrrole nitrogens is 1. The van der Waals surface area contributed by atoms with Crippen LogP contribution in [0.4, 0.5) is 0 Å². The van der Waals surface area contributed by atoms with Crippen LogP contribution in [0.15, 0.2) is 30.5 Å². The van der Waals surface area contributed by atoms with Crippen molar-refractivity contribution in [3.8, 4) is 17.0 Å². The zero-order valence-corrected chi connectivity index (χ0v) is 11.0. The summed E-state index contributed by atoms with van der Waals surface area (Å²) in [6, 6.07) is 7.26. The van der Waals surface area contributed by atoms with Crippen LogP contribution in [-0.2, 0) is 7.05 Å². The monoisotopic (exact) mass is 271 g/mol. The van der Waals surface area contributed by atoms with Crippen LogP contribution in [0.25, 0.3) is 22.2 Å². The number of hydrogen-bond donors (Lipinski definition) is 2. The molecule has 0 amide bonds. The Labute approximate surface area is 114 Å². The number of carboxylic acid groups (broad SMARTS) is 1. The highest BCUT2D eigenvalue weighted by Crippen LogP contribution is 2.35. The van der Waals surface area contributed by atoms with E-state index in [1.807, 2.05) is 24.4 Å². The van der Waals surface area contributed by atoms with Gasteiger partial charge in [-0.2, -0.15) is 5.10 Å². The van der Waals surface area contributed by atoms with Crippen molar-refractivity contribution in [1.82, 2.24) is 14.8 Å². The first kappa shape index (κ1) is 12.3. The summed E-state index contributed by atoms with van der Waals surface area (Å²) in [4.78, 5) is 14.2. The molecule has 0 atom stereocenters. The van der Waals surface area contributed by atoms with Gasteiger partial charge in [-0.05, 0) is 18.2 Å². The van der Waals surface area contributed by atoms with E-state index >= 15 is 0 Å². The number of hydrogen-bond acceptors (Lipinski definition) is 3. The number of aromatic amines is 1. The fraction of sp³-hybridized carbons (Fsp3) is 0.143. The zero-order valence-electron chi connectivity index (χ0n) is 11.0. The lowest BCUT2D eigenvalue weighted by atomic mass is 10.1. The SMILES string of the molecule is COc1cccc2[nH]cc(-c3cc(C(=O)O)nn3C)c12. The topological polar surface area (TPSA) is 80.1 Å². The van der Waals surface area contributed by atoms with E-state index in [4.69, 9.17) is 9.84 Å². The second kappa shape index (κ2) is 4.41. The largest absolute Gasteiger partial charge is 0.496 e. The number of benzene rings is 1. The van der Waals surface area contributed by atoms with Crippen LogP contribution < -0.4 is 4.74 Å².